The molecule has 0 saturated heterocycles. The van der Waals surface area contributed by atoms with Crippen molar-refractivity contribution in [2.75, 3.05) is 0 Å². The van der Waals surface area contributed by atoms with Crippen molar-refractivity contribution >= 4 is 16.9 Å². The summed E-state index contributed by atoms with van der Waals surface area (Å²) >= 11 is 0. The summed E-state index contributed by atoms with van der Waals surface area (Å²) < 4.78 is 54.4. The zero-order valence-corrected chi connectivity index (χ0v) is 8.01. The SMILES string of the molecule is O=C(O)c1cc(F)cc2cc(C(F)(F)F)oc12. The second-order valence-corrected chi connectivity index (χ2v) is 3.29. The Morgan fingerprint density at radius 2 is 1.88 bits per heavy atom. The molecule has 7 heteroatoms. The Labute approximate surface area is 91.3 Å². The summed E-state index contributed by atoms with van der Waals surface area (Å²) in [4.78, 5) is 10.7. The standard InChI is InChI=1S/C10H4F4O3/c11-5-1-4-2-7(10(12,13)14)17-8(4)6(3-5)9(15)16/h1-3H,(H,15,16). The molecule has 1 aromatic carbocycles. The first-order chi connectivity index (χ1) is 7.79. The Hall–Kier alpha value is -2.05. The summed E-state index contributed by atoms with van der Waals surface area (Å²) in [7, 11) is 0. The van der Waals surface area contributed by atoms with Crippen LogP contribution in [0.25, 0.3) is 11.0 Å². The van der Waals surface area contributed by atoms with Gasteiger partial charge in [0, 0.05) is 5.39 Å². The van der Waals surface area contributed by atoms with E-state index in [1.54, 1.807) is 0 Å². The fraction of sp³-hybridized carbons (Fsp3) is 0.100. The topological polar surface area (TPSA) is 50.4 Å². The molecule has 0 bridgehead atoms. The van der Waals surface area contributed by atoms with Crippen molar-refractivity contribution in [2.45, 2.75) is 6.18 Å². The second-order valence-electron chi connectivity index (χ2n) is 3.29. The molecule has 0 atom stereocenters. The van der Waals surface area contributed by atoms with Crippen molar-refractivity contribution in [3.05, 3.63) is 35.3 Å². The van der Waals surface area contributed by atoms with Gasteiger partial charge in [-0.1, -0.05) is 0 Å². The van der Waals surface area contributed by atoms with E-state index in [-0.39, 0.29) is 5.39 Å². The third kappa shape index (κ3) is 1.95. The Morgan fingerprint density at radius 3 is 2.41 bits per heavy atom. The number of hydrogen-bond donors (Lipinski definition) is 1. The predicted molar refractivity (Wildman–Crippen MR) is 48.1 cm³/mol. The minimum atomic E-state index is -4.74. The van der Waals surface area contributed by atoms with Gasteiger partial charge in [-0.05, 0) is 18.2 Å². The van der Waals surface area contributed by atoms with Gasteiger partial charge >= 0.3 is 12.1 Å². The lowest BCUT2D eigenvalue weighted by Crippen LogP contribution is -2.02. The van der Waals surface area contributed by atoms with E-state index in [9.17, 15) is 22.4 Å². The van der Waals surface area contributed by atoms with Gasteiger partial charge in [0.05, 0.1) is 0 Å². The lowest BCUT2D eigenvalue weighted by atomic mass is 10.1. The molecule has 0 spiro atoms. The summed E-state index contributed by atoms with van der Waals surface area (Å²) in [6.45, 7) is 0. The molecule has 0 amide bonds. The highest BCUT2D eigenvalue weighted by atomic mass is 19.4. The molecular formula is C10H4F4O3. The zero-order chi connectivity index (χ0) is 12.8. The first-order valence-corrected chi connectivity index (χ1v) is 4.32. The van der Waals surface area contributed by atoms with E-state index in [1.165, 1.54) is 0 Å². The van der Waals surface area contributed by atoms with Gasteiger partial charge in [0.2, 0.25) is 5.76 Å². The molecule has 1 heterocycles. The summed E-state index contributed by atoms with van der Waals surface area (Å²) in [5.41, 5.74) is -1.14. The van der Waals surface area contributed by atoms with Crippen molar-refractivity contribution in [1.82, 2.24) is 0 Å². The Morgan fingerprint density at radius 1 is 1.24 bits per heavy atom. The van der Waals surface area contributed by atoms with Gasteiger partial charge < -0.3 is 9.52 Å². The number of rotatable bonds is 1. The van der Waals surface area contributed by atoms with Crippen LogP contribution in [0.4, 0.5) is 17.6 Å². The van der Waals surface area contributed by atoms with Crippen LogP contribution < -0.4 is 0 Å². The van der Waals surface area contributed by atoms with E-state index >= 15 is 0 Å². The number of furan rings is 1. The van der Waals surface area contributed by atoms with Gasteiger partial charge in [0.25, 0.3) is 0 Å². The molecule has 2 rings (SSSR count). The molecule has 0 aliphatic heterocycles. The first kappa shape index (κ1) is 11.4. The van der Waals surface area contributed by atoms with Crippen molar-refractivity contribution in [3.8, 4) is 0 Å². The second kappa shape index (κ2) is 3.47. The number of aromatic carboxylic acids is 1. The normalized spacial score (nSPS) is 12.0. The maximum Gasteiger partial charge on any atom is 0.449 e. The Bertz CT molecular complexity index is 597. The number of hydrogen-bond acceptors (Lipinski definition) is 2. The van der Waals surface area contributed by atoms with Crippen LogP contribution in [0.3, 0.4) is 0 Å². The Kier molecular flexibility index (Phi) is 2.34. The van der Waals surface area contributed by atoms with E-state index in [0.29, 0.717) is 12.1 Å². The maximum absolute atomic E-state index is 13.0. The van der Waals surface area contributed by atoms with Crippen LogP contribution in [0.2, 0.25) is 0 Å². The number of carboxylic acid groups (broad SMARTS) is 1. The minimum Gasteiger partial charge on any atom is -0.478 e. The maximum atomic E-state index is 13.0. The van der Waals surface area contributed by atoms with Gasteiger partial charge in [-0.3, -0.25) is 0 Å². The number of alkyl halides is 3. The fourth-order valence-electron chi connectivity index (χ4n) is 1.42. The molecule has 0 unspecified atom stereocenters. The van der Waals surface area contributed by atoms with Crippen molar-refractivity contribution in [1.29, 1.82) is 0 Å². The summed E-state index contributed by atoms with van der Waals surface area (Å²) in [5, 5.41) is 8.47. The van der Waals surface area contributed by atoms with E-state index in [4.69, 9.17) is 5.11 Å². The summed E-state index contributed by atoms with van der Waals surface area (Å²) in [6, 6.07) is 1.94. The average Bonchev–Trinajstić information content (AvgIpc) is 2.58. The molecule has 90 valence electrons. The smallest absolute Gasteiger partial charge is 0.449 e. The predicted octanol–water partition coefficient (Wildman–Crippen LogP) is 3.29. The molecule has 1 aromatic heterocycles. The molecule has 2 aromatic rings. The van der Waals surface area contributed by atoms with Crippen molar-refractivity contribution < 1.29 is 31.9 Å². The van der Waals surface area contributed by atoms with Gasteiger partial charge in [0.1, 0.15) is 17.0 Å². The minimum absolute atomic E-state index is 0.241. The molecule has 3 nitrogen and oxygen atoms in total. The van der Waals surface area contributed by atoms with E-state index < -0.39 is 34.9 Å². The van der Waals surface area contributed by atoms with Gasteiger partial charge in [0.15, 0.2) is 0 Å². The highest BCUT2D eigenvalue weighted by molar-refractivity contribution is 6.01. The molecule has 1 N–H and O–H groups in total. The third-order valence-corrected chi connectivity index (χ3v) is 2.09. The molecule has 0 aliphatic rings. The first-order valence-electron chi connectivity index (χ1n) is 4.32. The van der Waals surface area contributed by atoms with E-state index in [1.807, 2.05) is 0 Å². The van der Waals surface area contributed by atoms with Crippen LogP contribution in [-0.4, -0.2) is 11.1 Å². The van der Waals surface area contributed by atoms with Crippen LogP contribution >= 0.6 is 0 Å². The van der Waals surface area contributed by atoms with Crippen LogP contribution in [-0.2, 0) is 6.18 Å². The van der Waals surface area contributed by atoms with E-state index in [0.717, 1.165) is 6.07 Å². The highest BCUT2D eigenvalue weighted by Crippen LogP contribution is 2.35. The van der Waals surface area contributed by atoms with E-state index in [2.05, 4.69) is 4.42 Å². The summed E-state index contributed by atoms with van der Waals surface area (Å²) in [5.74, 6) is -3.86. The van der Waals surface area contributed by atoms with Crippen molar-refractivity contribution in [2.24, 2.45) is 0 Å². The number of halogens is 4. The lowest BCUT2D eigenvalue weighted by Gasteiger charge is -1.99. The number of carbonyl (C=O) groups is 1. The summed E-state index contributed by atoms with van der Waals surface area (Å²) in [6.07, 6.45) is -4.74. The quantitative estimate of drug-likeness (QED) is 0.788. The fourth-order valence-corrected chi connectivity index (χ4v) is 1.42. The molecular weight excluding hydrogens is 244 g/mol. The molecule has 0 radical (unpaired) electrons. The number of benzene rings is 1. The lowest BCUT2D eigenvalue weighted by molar-refractivity contribution is -0.152. The molecule has 17 heavy (non-hydrogen) atoms. The largest absolute Gasteiger partial charge is 0.478 e. The van der Waals surface area contributed by atoms with Crippen molar-refractivity contribution in [3.63, 3.8) is 0 Å². The molecule has 0 fully saturated rings. The highest BCUT2D eigenvalue weighted by Gasteiger charge is 2.35. The number of fused-ring (bicyclic) bond motifs is 1. The Balaban J connectivity index is 2.76. The number of carboxylic acids is 1. The molecule has 0 aliphatic carbocycles. The van der Waals surface area contributed by atoms with Crippen LogP contribution in [0, 0.1) is 5.82 Å². The van der Waals surface area contributed by atoms with Gasteiger partial charge in [-0.15, -0.1) is 0 Å². The van der Waals surface area contributed by atoms with Gasteiger partial charge in [-0.25, -0.2) is 9.18 Å². The third-order valence-electron chi connectivity index (χ3n) is 2.09. The van der Waals surface area contributed by atoms with Crippen LogP contribution in [0.15, 0.2) is 22.6 Å². The zero-order valence-electron chi connectivity index (χ0n) is 8.01. The van der Waals surface area contributed by atoms with Crippen LogP contribution in [0.5, 0.6) is 0 Å². The monoisotopic (exact) mass is 248 g/mol. The molecule has 0 saturated carbocycles. The van der Waals surface area contributed by atoms with Crippen LogP contribution in [0.1, 0.15) is 16.1 Å². The average molecular weight is 248 g/mol. The van der Waals surface area contributed by atoms with Gasteiger partial charge in [-0.2, -0.15) is 13.2 Å².